The van der Waals surface area contributed by atoms with Gasteiger partial charge in [0.2, 0.25) is 0 Å². The van der Waals surface area contributed by atoms with Crippen LogP contribution in [-0.2, 0) is 6.42 Å². The molecule has 0 spiro atoms. The Labute approximate surface area is 173 Å². The van der Waals surface area contributed by atoms with Crippen LogP contribution in [0, 0.1) is 13.8 Å². The van der Waals surface area contributed by atoms with Crippen LogP contribution in [0.3, 0.4) is 0 Å². The molecule has 0 bridgehead atoms. The number of amides is 1. The van der Waals surface area contributed by atoms with Gasteiger partial charge in [-0.2, -0.15) is 5.10 Å². The highest BCUT2D eigenvalue weighted by molar-refractivity contribution is 5.94. The fourth-order valence-corrected chi connectivity index (χ4v) is 3.51. The van der Waals surface area contributed by atoms with Crippen LogP contribution in [0.4, 0.5) is 0 Å². The molecule has 0 aliphatic heterocycles. The Morgan fingerprint density at radius 1 is 1.07 bits per heavy atom. The molecule has 1 N–H and O–H groups in total. The molecule has 5 heteroatoms. The zero-order valence-electron chi connectivity index (χ0n) is 17.9. The molecule has 0 radical (unpaired) electrons. The minimum atomic E-state index is -0.0676. The molecule has 152 valence electrons. The maximum Gasteiger partial charge on any atom is 0.251 e. The number of rotatable bonds is 7. The minimum absolute atomic E-state index is 0.0676. The van der Waals surface area contributed by atoms with Crippen LogP contribution in [0.5, 0.6) is 0 Å². The third kappa shape index (κ3) is 4.93. The van der Waals surface area contributed by atoms with Crippen molar-refractivity contribution >= 4 is 5.91 Å². The van der Waals surface area contributed by atoms with E-state index in [1.807, 2.05) is 63.0 Å². The van der Waals surface area contributed by atoms with Crippen LogP contribution in [0.25, 0.3) is 5.69 Å². The molecular weight excluding hydrogens is 360 g/mol. The van der Waals surface area contributed by atoms with Crippen LogP contribution in [0.2, 0.25) is 0 Å². The topological polar surface area (TPSA) is 50.2 Å². The van der Waals surface area contributed by atoms with Crippen molar-refractivity contribution in [1.29, 1.82) is 0 Å². The van der Waals surface area contributed by atoms with E-state index in [1.54, 1.807) is 0 Å². The lowest BCUT2D eigenvalue weighted by atomic mass is 10.0. The summed E-state index contributed by atoms with van der Waals surface area (Å²) in [5, 5.41) is 7.57. The van der Waals surface area contributed by atoms with E-state index in [4.69, 9.17) is 0 Å². The van der Waals surface area contributed by atoms with Crippen molar-refractivity contribution in [3.05, 3.63) is 82.7 Å². The normalized spacial score (nSPS) is 12.2. The number of nitrogens with one attached hydrogen (secondary N) is 1. The second kappa shape index (κ2) is 9.05. The van der Waals surface area contributed by atoms with Crippen LogP contribution < -0.4 is 5.32 Å². The van der Waals surface area contributed by atoms with E-state index >= 15 is 0 Å². The monoisotopic (exact) mass is 390 g/mol. The van der Waals surface area contributed by atoms with Crippen LogP contribution in [0.1, 0.15) is 45.8 Å². The van der Waals surface area contributed by atoms with Crippen molar-refractivity contribution in [2.24, 2.45) is 0 Å². The van der Waals surface area contributed by atoms with Crippen LogP contribution in [-0.4, -0.2) is 41.2 Å². The van der Waals surface area contributed by atoms with Gasteiger partial charge in [0.1, 0.15) is 0 Å². The van der Waals surface area contributed by atoms with Gasteiger partial charge in [0, 0.05) is 17.8 Å². The molecule has 0 saturated heterocycles. The van der Waals surface area contributed by atoms with Gasteiger partial charge in [-0.25, -0.2) is 4.68 Å². The quantitative estimate of drug-likeness (QED) is 0.661. The maximum atomic E-state index is 12.7. The second-order valence-corrected chi connectivity index (χ2v) is 7.67. The summed E-state index contributed by atoms with van der Waals surface area (Å²) in [5.74, 6) is -0.0676. The zero-order valence-corrected chi connectivity index (χ0v) is 17.9. The average Bonchev–Trinajstić information content (AvgIpc) is 3.06. The Kier molecular flexibility index (Phi) is 6.49. The summed E-state index contributed by atoms with van der Waals surface area (Å²) in [6, 6.07) is 18.3. The number of carbonyl (C=O) groups is 1. The van der Waals surface area contributed by atoms with Crippen molar-refractivity contribution in [1.82, 2.24) is 20.0 Å². The van der Waals surface area contributed by atoms with Crippen LogP contribution in [0.15, 0.2) is 54.6 Å². The third-order valence-corrected chi connectivity index (χ3v) is 5.24. The number of aromatic nitrogens is 2. The molecule has 3 rings (SSSR count). The standard InChI is InChI=1S/C24H30N4O/c1-6-19-7-9-20(10-8-19)23(27(4)5)16-25-24(29)21-11-13-22(14-12-21)28-18(3)15-17(2)26-28/h7-15,23H,6,16H2,1-5H3,(H,25,29). The lowest BCUT2D eigenvalue weighted by Crippen LogP contribution is -2.34. The van der Waals surface area contributed by atoms with E-state index in [2.05, 4.69) is 46.5 Å². The summed E-state index contributed by atoms with van der Waals surface area (Å²) in [7, 11) is 4.07. The van der Waals surface area contributed by atoms with Crippen molar-refractivity contribution in [3.8, 4) is 5.69 Å². The summed E-state index contributed by atoms with van der Waals surface area (Å²) in [5.41, 5.74) is 6.17. The smallest absolute Gasteiger partial charge is 0.251 e. The lowest BCUT2D eigenvalue weighted by molar-refractivity contribution is 0.0942. The minimum Gasteiger partial charge on any atom is -0.350 e. The van der Waals surface area contributed by atoms with Gasteiger partial charge in [-0.15, -0.1) is 0 Å². The molecule has 1 unspecified atom stereocenters. The van der Waals surface area contributed by atoms with Gasteiger partial charge in [0.05, 0.1) is 17.4 Å². The first-order chi connectivity index (χ1) is 13.9. The van der Waals surface area contributed by atoms with E-state index in [0.717, 1.165) is 23.5 Å². The first-order valence-corrected chi connectivity index (χ1v) is 10.1. The predicted molar refractivity (Wildman–Crippen MR) is 118 cm³/mol. The molecule has 3 aromatic rings. The number of hydrogen-bond acceptors (Lipinski definition) is 3. The van der Waals surface area contributed by atoms with Crippen molar-refractivity contribution in [2.45, 2.75) is 33.2 Å². The van der Waals surface area contributed by atoms with Crippen LogP contribution >= 0.6 is 0 Å². The largest absolute Gasteiger partial charge is 0.350 e. The highest BCUT2D eigenvalue weighted by Gasteiger charge is 2.16. The van der Waals surface area contributed by atoms with Crippen molar-refractivity contribution < 1.29 is 4.79 Å². The second-order valence-electron chi connectivity index (χ2n) is 7.67. The van der Waals surface area contributed by atoms with Crippen molar-refractivity contribution in [2.75, 3.05) is 20.6 Å². The fraction of sp³-hybridized carbons (Fsp3) is 0.333. The Balaban J connectivity index is 1.67. The highest BCUT2D eigenvalue weighted by Crippen LogP contribution is 2.19. The molecule has 0 fully saturated rings. The SMILES string of the molecule is CCc1ccc(C(CNC(=O)c2ccc(-n3nc(C)cc3C)cc2)N(C)C)cc1. The zero-order chi connectivity index (χ0) is 21.0. The summed E-state index contributed by atoms with van der Waals surface area (Å²) < 4.78 is 1.89. The van der Waals surface area contributed by atoms with Gasteiger partial charge in [0.15, 0.2) is 0 Å². The first-order valence-electron chi connectivity index (χ1n) is 10.1. The van der Waals surface area contributed by atoms with Gasteiger partial charge >= 0.3 is 0 Å². The number of hydrogen-bond donors (Lipinski definition) is 1. The molecule has 29 heavy (non-hydrogen) atoms. The van der Waals surface area contributed by atoms with E-state index in [0.29, 0.717) is 12.1 Å². The van der Waals surface area contributed by atoms with Gasteiger partial charge in [-0.3, -0.25) is 4.79 Å². The number of nitrogens with zero attached hydrogens (tertiary/aromatic N) is 3. The Morgan fingerprint density at radius 2 is 1.72 bits per heavy atom. The number of aryl methyl sites for hydroxylation is 3. The summed E-state index contributed by atoms with van der Waals surface area (Å²) >= 11 is 0. The number of likely N-dealkylation sites (N-methyl/N-ethyl adjacent to an activating group) is 1. The maximum absolute atomic E-state index is 12.7. The Bertz CT molecular complexity index is 956. The van der Waals surface area contributed by atoms with E-state index < -0.39 is 0 Å². The molecule has 1 heterocycles. The molecule has 5 nitrogen and oxygen atoms in total. The molecular formula is C24H30N4O. The molecule has 0 aliphatic rings. The predicted octanol–water partition coefficient (Wildman–Crippen LogP) is 4.08. The average molecular weight is 391 g/mol. The first kappa shape index (κ1) is 20.8. The molecule has 1 aromatic heterocycles. The van der Waals surface area contributed by atoms with E-state index in [9.17, 15) is 4.79 Å². The Morgan fingerprint density at radius 3 is 2.24 bits per heavy atom. The summed E-state index contributed by atoms with van der Waals surface area (Å²) in [4.78, 5) is 14.8. The van der Waals surface area contributed by atoms with E-state index in [1.165, 1.54) is 11.1 Å². The molecule has 1 atom stereocenters. The number of benzene rings is 2. The third-order valence-electron chi connectivity index (χ3n) is 5.24. The van der Waals surface area contributed by atoms with Gasteiger partial charge in [0.25, 0.3) is 5.91 Å². The van der Waals surface area contributed by atoms with Gasteiger partial charge in [-0.05, 0) is 75.8 Å². The summed E-state index contributed by atoms with van der Waals surface area (Å²) in [6.45, 7) is 6.70. The van der Waals surface area contributed by atoms with E-state index in [-0.39, 0.29) is 11.9 Å². The lowest BCUT2D eigenvalue weighted by Gasteiger charge is -2.25. The molecule has 2 aromatic carbocycles. The summed E-state index contributed by atoms with van der Waals surface area (Å²) in [6.07, 6.45) is 1.03. The van der Waals surface area contributed by atoms with Gasteiger partial charge in [-0.1, -0.05) is 31.2 Å². The van der Waals surface area contributed by atoms with Crippen molar-refractivity contribution in [3.63, 3.8) is 0 Å². The highest BCUT2D eigenvalue weighted by atomic mass is 16.1. The van der Waals surface area contributed by atoms with Gasteiger partial charge < -0.3 is 10.2 Å². The Hall–Kier alpha value is -2.92. The molecule has 0 aliphatic carbocycles. The fourth-order valence-electron chi connectivity index (χ4n) is 3.51. The number of carbonyl (C=O) groups excluding carboxylic acids is 1. The molecule has 0 saturated carbocycles. The molecule has 1 amide bonds.